The molecule has 35 heavy (non-hydrogen) atoms. The average molecular weight is 496 g/mol. The van der Waals surface area contributed by atoms with Crippen LogP contribution in [0.3, 0.4) is 0 Å². The highest BCUT2D eigenvalue weighted by atomic mass is 32.2. The maximum absolute atomic E-state index is 13.6. The molecule has 0 aromatic heterocycles. The third-order valence-electron chi connectivity index (χ3n) is 8.80. The molecule has 1 aliphatic heterocycles. The Kier molecular flexibility index (Phi) is 6.20. The Labute approximate surface area is 209 Å². The Morgan fingerprint density at radius 2 is 1.77 bits per heavy atom. The van der Waals surface area contributed by atoms with Gasteiger partial charge in [0.25, 0.3) is 5.91 Å². The second kappa shape index (κ2) is 8.93. The molecule has 7 heteroatoms. The molecule has 6 nitrogen and oxygen atoms in total. The minimum Gasteiger partial charge on any atom is -0.380 e. The van der Waals surface area contributed by atoms with Gasteiger partial charge in [-0.2, -0.15) is 4.31 Å². The second-order valence-electron chi connectivity index (χ2n) is 11.5. The first-order chi connectivity index (χ1) is 16.6. The van der Waals surface area contributed by atoms with E-state index in [1.54, 1.807) is 18.2 Å². The van der Waals surface area contributed by atoms with Gasteiger partial charge in [-0.3, -0.25) is 4.79 Å². The molecule has 3 aliphatic rings. The first-order valence-corrected chi connectivity index (χ1v) is 14.3. The summed E-state index contributed by atoms with van der Waals surface area (Å²) in [5.74, 6) is 0.429. The molecule has 3 atom stereocenters. The van der Waals surface area contributed by atoms with Crippen LogP contribution >= 0.6 is 0 Å². The zero-order valence-corrected chi connectivity index (χ0v) is 21.8. The van der Waals surface area contributed by atoms with Crippen LogP contribution < -0.4 is 10.6 Å². The smallest absolute Gasteiger partial charge is 0.251 e. The van der Waals surface area contributed by atoms with Gasteiger partial charge in [0.2, 0.25) is 10.0 Å². The van der Waals surface area contributed by atoms with Gasteiger partial charge in [-0.25, -0.2) is 8.42 Å². The first kappa shape index (κ1) is 24.3. The Morgan fingerprint density at radius 3 is 2.43 bits per heavy atom. The van der Waals surface area contributed by atoms with Crippen molar-refractivity contribution in [3.05, 3.63) is 59.7 Å². The number of hydrogen-bond donors (Lipinski definition) is 2. The number of amides is 1. The van der Waals surface area contributed by atoms with Crippen LogP contribution in [0.4, 0.5) is 5.69 Å². The van der Waals surface area contributed by atoms with Gasteiger partial charge in [0.05, 0.1) is 5.69 Å². The van der Waals surface area contributed by atoms with E-state index in [0.29, 0.717) is 36.8 Å². The standard InChI is InChI=1S/C28H37N3O3S/c1-27(2)22-13-14-28(3,18-22)26(27)30-25(32)21-11-12-23(29-19-20-9-5-4-6-10-20)24(17-21)35(33,34)31-15-7-8-16-31/h4-6,9-12,17,22,26,29H,7-8,13-16,18-19H2,1-3H3,(H,30,32). The predicted octanol–water partition coefficient (Wildman–Crippen LogP) is 5.03. The van der Waals surface area contributed by atoms with Crippen molar-refractivity contribution < 1.29 is 13.2 Å². The molecule has 188 valence electrons. The third kappa shape index (κ3) is 4.38. The number of carbonyl (C=O) groups is 1. The normalized spacial score (nSPS) is 27.7. The molecule has 2 saturated carbocycles. The molecule has 0 spiro atoms. The topological polar surface area (TPSA) is 78.5 Å². The van der Waals surface area contributed by atoms with Crippen LogP contribution in [0, 0.1) is 16.7 Å². The molecule has 2 aliphatic carbocycles. The van der Waals surface area contributed by atoms with Gasteiger partial charge in [0.15, 0.2) is 0 Å². The summed E-state index contributed by atoms with van der Waals surface area (Å²) >= 11 is 0. The molecule has 1 saturated heterocycles. The molecule has 2 N–H and O–H groups in total. The van der Waals surface area contributed by atoms with Gasteiger partial charge in [-0.05, 0) is 72.6 Å². The van der Waals surface area contributed by atoms with Crippen LogP contribution in [-0.2, 0) is 16.6 Å². The fourth-order valence-corrected chi connectivity index (χ4v) is 8.47. The number of sulfonamides is 1. The molecule has 1 amide bonds. The lowest BCUT2D eigenvalue weighted by molar-refractivity contribution is 0.0737. The highest BCUT2D eigenvalue weighted by Crippen LogP contribution is 2.62. The Hall–Kier alpha value is -2.38. The highest BCUT2D eigenvalue weighted by Gasteiger charge is 2.59. The number of nitrogens with one attached hydrogen (secondary N) is 2. The molecule has 2 aromatic rings. The van der Waals surface area contributed by atoms with E-state index in [-0.39, 0.29) is 27.7 Å². The van der Waals surface area contributed by atoms with Crippen LogP contribution in [0.5, 0.6) is 0 Å². The van der Waals surface area contributed by atoms with Gasteiger partial charge in [0, 0.05) is 31.2 Å². The van der Waals surface area contributed by atoms with E-state index >= 15 is 0 Å². The Balaban J connectivity index is 1.44. The summed E-state index contributed by atoms with van der Waals surface area (Å²) in [5, 5.41) is 6.62. The van der Waals surface area contributed by atoms with E-state index in [4.69, 9.17) is 0 Å². The van der Waals surface area contributed by atoms with Crippen LogP contribution in [0.15, 0.2) is 53.4 Å². The van der Waals surface area contributed by atoms with E-state index in [1.807, 2.05) is 30.3 Å². The monoisotopic (exact) mass is 495 g/mol. The lowest BCUT2D eigenvalue weighted by atomic mass is 9.68. The van der Waals surface area contributed by atoms with E-state index in [0.717, 1.165) is 31.2 Å². The molecule has 3 fully saturated rings. The average Bonchev–Trinajstić information content (AvgIpc) is 3.56. The van der Waals surface area contributed by atoms with Gasteiger partial charge in [-0.1, -0.05) is 51.1 Å². The van der Waals surface area contributed by atoms with Crippen LogP contribution in [0.1, 0.15) is 68.8 Å². The van der Waals surface area contributed by atoms with E-state index in [9.17, 15) is 13.2 Å². The zero-order valence-electron chi connectivity index (χ0n) is 21.0. The molecular formula is C28H37N3O3S. The second-order valence-corrected chi connectivity index (χ2v) is 13.4. The fourth-order valence-electron chi connectivity index (χ4n) is 6.76. The summed E-state index contributed by atoms with van der Waals surface area (Å²) in [6.07, 6.45) is 5.21. The fraction of sp³-hybridized carbons (Fsp3) is 0.536. The number of nitrogens with zero attached hydrogens (tertiary/aromatic N) is 1. The van der Waals surface area contributed by atoms with Crippen molar-refractivity contribution in [3.63, 3.8) is 0 Å². The lowest BCUT2D eigenvalue weighted by Crippen LogP contribution is -2.52. The number of fused-ring (bicyclic) bond motifs is 2. The molecule has 2 aromatic carbocycles. The summed E-state index contributed by atoms with van der Waals surface area (Å²) in [7, 11) is -3.71. The summed E-state index contributed by atoms with van der Waals surface area (Å²) in [6, 6.07) is 15.0. The van der Waals surface area contributed by atoms with Gasteiger partial charge >= 0.3 is 0 Å². The van der Waals surface area contributed by atoms with E-state index in [1.165, 1.54) is 10.7 Å². The maximum atomic E-state index is 13.6. The summed E-state index contributed by atoms with van der Waals surface area (Å²) in [5.41, 5.74) is 2.13. The molecule has 2 bridgehead atoms. The van der Waals surface area contributed by atoms with Crippen LogP contribution in [0.2, 0.25) is 0 Å². The van der Waals surface area contributed by atoms with Gasteiger partial charge < -0.3 is 10.6 Å². The number of benzene rings is 2. The largest absolute Gasteiger partial charge is 0.380 e. The molecule has 5 rings (SSSR count). The van der Waals surface area contributed by atoms with Crippen molar-refractivity contribution >= 4 is 21.6 Å². The zero-order chi connectivity index (χ0) is 24.8. The van der Waals surface area contributed by atoms with Crippen molar-refractivity contribution in [1.82, 2.24) is 9.62 Å². The third-order valence-corrected chi connectivity index (χ3v) is 10.7. The van der Waals surface area contributed by atoms with Crippen molar-refractivity contribution in [2.75, 3.05) is 18.4 Å². The number of carbonyl (C=O) groups excluding carboxylic acids is 1. The Bertz CT molecular complexity index is 1200. The van der Waals surface area contributed by atoms with Crippen molar-refractivity contribution in [3.8, 4) is 0 Å². The number of anilines is 1. The van der Waals surface area contributed by atoms with Crippen molar-refractivity contribution in [2.24, 2.45) is 16.7 Å². The van der Waals surface area contributed by atoms with Gasteiger partial charge in [-0.15, -0.1) is 0 Å². The highest BCUT2D eigenvalue weighted by molar-refractivity contribution is 7.89. The summed E-state index contributed by atoms with van der Waals surface area (Å²) in [4.78, 5) is 13.6. The number of rotatable bonds is 7. The molecule has 0 radical (unpaired) electrons. The summed E-state index contributed by atoms with van der Waals surface area (Å²) < 4.78 is 28.7. The van der Waals surface area contributed by atoms with E-state index < -0.39 is 10.0 Å². The quantitative estimate of drug-likeness (QED) is 0.565. The molecule has 3 unspecified atom stereocenters. The minimum absolute atomic E-state index is 0.0320. The molecule has 1 heterocycles. The molecular weight excluding hydrogens is 458 g/mol. The Morgan fingerprint density at radius 1 is 1.06 bits per heavy atom. The summed E-state index contributed by atoms with van der Waals surface area (Å²) in [6.45, 7) is 8.34. The lowest BCUT2D eigenvalue weighted by Gasteiger charge is -2.43. The van der Waals surface area contributed by atoms with Crippen molar-refractivity contribution in [1.29, 1.82) is 0 Å². The predicted molar refractivity (Wildman–Crippen MR) is 139 cm³/mol. The SMILES string of the molecule is CC12CCC(C1)C(C)(C)C2NC(=O)c1ccc(NCc2ccccc2)c(S(=O)(=O)N2CCCC2)c1. The van der Waals surface area contributed by atoms with Crippen molar-refractivity contribution in [2.45, 2.75) is 70.4 Å². The number of hydrogen-bond acceptors (Lipinski definition) is 4. The first-order valence-electron chi connectivity index (χ1n) is 12.8. The van der Waals surface area contributed by atoms with Crippen LogP contribution in [0.25, 0.3) is 0 Å². The van der Waals surface area contributed by atoms with Gasteiger partial charge in [0.1, 0.15) is 4.90 Å². The van der Waals surface area contributed by atoms with Crippen LogP contribution in [-0.4, -0.2) is 37.8 Å². The van der Waals surface area contributed by atoms with E-state index in [2.05, 4.69) is 31.4 Å². The minimum atomic E-state index is -3.71. The maximum Gasteiger partial charge on any atom is 0.251 e.